The predicted octanol–water partition coefficient (Wildman–Crippen LogP) is 1.27. The van der Waals surface area contributed by atoms with Gasteiger partial charge in [-0.05, 0) is 55.7 Å². The lowest BCUT2D eigenvalue weighted by Gasteiger charge is -2.19. The van der Waals surface area contributed by atoms with Gasteiger partial charge >= 0.3 is 0 Å². The number of nitrogens with one attached hydrogen (secondary N) is 1. The van der Waals surface area contributed by atoms with Gasteiger partial charge in [0.25, 0.3) is 0 Å². The standard InChI is InChI=1S/C15H23N3OS/c1-18-8-11(16)6-13(18)15(19)17-7-10-9-20-14-5-3-2-4-12(10)14/h9,11,13H,2-8,16H2,1H3,(H,17,19)/t11-,13-/m0/s1. The fourth-order valence-electron chi connectivity index (χ4n) is 3.35. The molecule has 3 rings (SSSR count). The lowest BCUT2D eigenvalue weighted by Crippen LogP contribution is -2.41. The van der Waals surface area contributed by atoms with E-state index >= 15 is 0 Å². The summed E-state index contributed by atoms with van der Waals surface area (Å²) >= 11 is 1.86. The second kappa shape index (κ2) is 5.84. The molecular formula is C15H23N3OS. The molecule has 0 bridgehead atoms. The van der Waals surface area contributed by atoms with Gasteiger partial charge in [-0.25, -0.2) is 0 Å². The number of aryl methyl sites for hydroxylation is 1. The molecule has 1 aliphatic heterocycles. The minimum atomic E-state index is -0.0561. The Hall–Kier alpha value is -0.910. The van der Waals surface area contributed by atoms with E-state index in [1.807, 2.05) is 18.4 Å². The molecule has 3 N–H and O–H groups in total. The van der Waals surface area contributed by atoms with Crippen LogP contribution in [0.25, 0.3) is 0 Å². The van der Waals surface area contributed by atoms with Crippen LogP contribution in [0.2, 0.25) is 0 Å². The zero-order valence-electron chi connectivity index (χ0n) is 12.0. The third-order valence-corrected chi connectivity index (χ3v) is 5.62. The van der Waals surface area contributed by atoms with Gasteiger partial charge in [0.1, 0.15) is 0 Å². The van der Waals surface area contributed by atoms with E-state index in [2.05, 4.69) is 15.6 Å². The summed E-state index contributed by atoms with van der Waals surface area (Å²) in [5.74, 6) is 0.121. The molecule has 0 spiro atoms. The van der Waals surface area contributed by atoms with Crippen LogP contribution in [0.15, 0.2) is 5.38 Å². The van der Waals surface area contributed by atoms with Gasteiger partial charge in [-0.3, -0.25) is 9.69 Å². The number of carbonyl (C=O) groups is 1. The van der Waals surface area contributed by atoms with Crippen molar-refractivity contribution < 1.29 is 4.79 Å². The number of likely N-dealkylation sites (N-methyl/N-ethyl adjacent to an activating group) is 1. The van der Waals surface area contributed by atoms with E-state index in [4.69, 9.17) is 5.73 Å². The van der Waals surface area contributed by atoms with Crippen molar-refractivity contribution in [3.8, 4) is 0 Å². The van der Waals surface area contributed by atoms with Crippen LogP contribution in [0.1, 0.15) is 35.3 Å². The highest BCUT2D eigenvalue weighted by Crippen LogP contribution is 2.30. The topological polar surface area (TPSA) is 58.4 Å². The second-order valence-corrected chi connectivity index (χ2v) is 7.00. The summed E-state index contributed by atoms with van der Waals surface area (Å²) in [6, 6.07) is 0.0733. The zero-order valence-corrected chi connectivity index (χ0v) is 12.8. The first kappa shape index (κ1) is 14.0. The van der Waals surface area contributed by atoms with Gasteiger partial charge in [0.2, 0.25) is 5.91 Å². The fourth-order valence-corrected chi connectivity index (χ4v) is 4.50. The smallest absolute Gasteiger partial charge is 0.237 e. The van der Waals surface area contributed by atoms with E-state index < -0.39 is 0 Å². The monoisotopic (exact) mass is 293 g/mol. The van der Waals surface area contributed by atoms with Gasteiger partial charge < -0.3 is 11.1 Å². The maximum Gasteiger partial charge on any atom is 0.237 e. The number of hydrogen-bond acceptors (Lipinski definition) is 4. The summed E-state index contributed by atoms with van der Waals surface area (Å²) in [6.07, 6.45) is 5.76. The van der Waals surface area contributed by atoms with Crippen molar-refractivity contribution in [3.05, 3.63) is 21.4 Å². The number of carbonyl (C=O) groups excluding carboxylic acids is 1. The molecule has 1 aromatic heterocycles. The van der Waals surface area contributed by atoms with Crippen LogP contribution in [-0.4, -0.2) is 36.5 Å². The molecule has 1 aliphatic carbocycles. The van der Waals surface area contributed by atoms with Crippen LogP contribution in [0.5, 0.6) is 0 Å². The highest BCUT2D eigenvalue weighted by atomic mass is 32.1. The molecule has 0 saturated carbocycles. The van der Waals surface area contributed by atoms with E-state index in [0.717, 1.165) is 13.0 Å². The number of thiophene rings is 1. The molecular weight excluding hydrogens is 270 g/mol. The maximum atomic E-state index is 12.3. The Bertz CT molecular complexity index is 499. The van der Waals surface area contributed by atoms with Gasteiger partial charge in [0.05, 0.1) is 6.04 Å². The molecule has 5 heteroatoms. The van der Waals surface area contributed by atoms with Crippen LogP contribution in [-0.2, 0) is 24.2 Å². The van der Waals surface area contributed by atoms with Crippen LogP contribution in [0, 0.1) is 0 Å². The number of fused-ring (bicyclic) bond motifs is 1. The Kier molecular flexibility index (Phi) is 4.10. The third-order valence-electron chi connectivity index (χ3n) is 4.48. The lowest BCUT2D eigenvalue weighted by molar-refractivity contribution is -0.125. The Balaban J connectivity index is 1.59. The molecule has 0 aromatic carbocycles. The molecule has 20 heavy (non-hydrogen) atoms. The first-order valence-electron chi connectivity index (χ1n) is 7.47. The number of hydrogen-bond donors (Lipinski definition) is 2. The molecule has 0 unspecified atom stereocenters. The van der Waals surface area contributed by atoms with Gasteiger partial charge in [-0.1, -0.05) is 0 Å². The van der Waals surface area contributed by atoms with E-state index in [0.29, 0.717) is 6.54 Å². The molecule has 1 fully saturated rings. The lowest BCUT2D eigenvalue weighted by atomic mass is 9.96. The summed E-state index contributed by atoms with van der Waals surface area (Å²) in [6.45, 7) is 1.48. The summed E-state index contributed by atoms with van der Waals surface area (Å²) in [5.41, 5.74) is 8.74. The number of likely N-dealkylation sites (tertiary alicyclic amines) is 1. The van der Waals surface area contributed by atoms with Crippen molar-refractivity contribution in [2.24, 2.45) is 5.73 Å². The second-order valence-electron chi connectivity index (χ2n) is 6.04. The summed E-state index contributed by atoms with van der Waals surface area (Å²) < 4.78 is 0. The number of nitrogens with zero attached hydrogens (tertiary/aromatic N) is 1. The van der Waals surface area contributed by atoms with Crippen molar-refractivity contribution in [2.75, 3.05) is 13.6 Å². The summed E-state index contributed by atoms with van der Waals surface area (Å²) in [7, 11) is 1.98. The maximum absolute atomic E-state index is 12.3. The van der Waals surface area contributed by atoms with Crippen LogP contribution >= 0.6 is 11.3 Å². The van der Waals surface area contributed by atoms with Crippen molar-refractivity contribution in [2.45, 2.75) is 50.7 Å². The normalized spacial score (nSPS) is 26.5. The summed E-state index contributed by atoms with van der Waals surface area (Å²) in [5, 5.41) is 5.32. The molecule has 0 radical (unpaired) electrons. The van der Waals surface area contributed by atoms with Crippen LogP contribution in [0.3, 0.4) is 0 Å². The van der Waals surface area contributed by atoms with Crippen LogP contribution in [0.4, 0.5) is 0 Å². The van der Waals surface area contributed by atoms with E-state index in [1.165, 1.54) is 41.7 Å². The van der Waals surface area contributed by atoms with Gasteiger partial charge in [-0.15, -0.1) is 11.3 Å². The molecule has 110 valence electrons. The Morgan fingerprint density at radius 1 is 1.50 bits per heavy atom. The molecule has 1 aromatic rings. The summed E-state index contributed by atoms with van der Waals surface area (Å²) in [4.78, 5) is 15.8. The molecule has 4 nitrogen and oxygen atoms in total. The van der Waals surface area contributed by atoms with Gasteiger partial charge in [-0.2, -0.15) is 0 Å². The zero-order chi connectivity index (χ0) is 14.1. The SMILES string of the molecule is CN1C[C@@H](N)C[C@H]1C(=O)NCc1csc2c1CCCC2. The largest absolute Gasteiger partial charge is 0.351 e. The van der Waals surface area contributed by atoms with Crippen molar-refractivity contribution in [3.63, 3.8) is 0 Å². The Labute approximate surface area is 124 Å². The fraction of sp³-hybridized carbons (Fsp3) is 0.667. The average Bonchev–Trinajstić information content (AvgIpc) is 2.99. The number of rotatable bonds is 3. The first-order valence-corrected chi connectivity index (χ1v) is 8.34. The molecule has 1 amide bonds. The minimum Gasteiger partial charge on any atom is -0.351 e. The Morgan fingerprint density at radius 2 is 2.30 bits per heavy atom. The molecule has 1 saturated heterocycles. The molecule has 2 atom stereocenters. The quantitative estimate of drug-likeness (QED) is 0.882. The number of amides is 1. The van der Waals surface area contributed by atoms with Gasteiger partial charge in [0.15, 0.2) is 0 Å². The van der Waals surface area contributed by atoms with Gasteiger partial charge in [0, 0.05) is 24.0 Å². The highest BCUT2D eigenvalue weighted by Gasteiger charge is 2.32. The van der Waals surface area contributed by atoms with E-state index in [1.54, 1.807) is 0 Å². The van der Waals surface area contributed by atoms with Crippen molar-refractivity contribution >= 4 is 17.2 Å². The first-order chi connectivity index (χ1) is 9.65. The molecule has 2 aliphatic rings. The van der Waals surface area contributed by atoms with E-state index in [-0.39, 0.29) is 18.0 Å². The Morgan fingerprint density at radius 3 is 3.05 bits per heavy atom. The molecule has 2 heterocycles. The third kappa shape index (κ3) is 2.75. The number of nitrogens with two attached hydrogens (primary N) is 1. The highest BCUT2D eigenvalue weighted by molar-refractivity contribution is 7.10. The van der Waals surface area contributed by atoms with E-state index in [9.17, 15) is 4.79 Å². The van der Waals surface area contributed by atoms with Crippen LogP contribution < -0.4 is 11.1 Å². The minimum absolute atomic E-state index is 0.0561. The van der Waals surface area contributed by atoms with Crippen molar-refractivity contribution in [1.82, 2.24) is 10.2 Å². The average molecular weight is 293 g/mol. The van der Waals surface area contributed by atoms with Crippen molar-refractivity contribution in [1.29, 1.82) is 0 Å². The predicted molar refractivity (Wildman–Crippen MR) is 81.8 cm³/mol.